The predicted molar refractivity (Wildman–Crippen MR) is 46.8 cm³/mol. The van der Waals surface area contributed by atoms with Crippen LogP contribution in [0.15, 0.2) is 28.0 Å². The van der Waals surface area contributed by atoms with Crippen molar-refractivity contribution in [2.45, 2.75) is 4.90 Å². The molecule has 0 aromatic carbocycles. The number of hydrogen-bond acceptors (Lipinski definition) is 2. The maximum atomic E-state index is 11.2. The van der Waals surface area contributed by atoms with E-state index in [1.807, 2.05) is 12.2 Å². The molecule has 1 aliphatic heterocycles. The van der Waals surface area contributed by atoms with Gasteiger partial charge in [0.05, 0.1) is 10.6 Å². The van der Waals surface area contributed by atoms with Gasteiger partial charge < -0.3 is 4.98 Å². The van der Waals surface area contributed by atoms with Crippen LogP contribution in [0.3, 0.4) is 0 Å². The van der Waals surface area contributed by atoms with Crippen molar-refractivity contribution in [2.75, 3.05) is 5.75 Å². The van der Waals surface area contributed by atoms with Crippen molar-refractivity contribution in [3.63, 3.8) is 0 Å². The van der Waals surface area contributed by atoms with E-state index in [4.69, 9.17) is 0 Å². The number of aromatic amines is 1. The molecule has 0 unspecified atom stereocenters. The molecule has 0 spiro atoms. The van der Waals surface area contributed by atoms with Gasteiger partial charge in [-0.25, -0.2) is 0 Å². The lowest BCUT2D eigenvalue weighted by atomic mass is 10.3. The highest BCUT2D eigenvalue weighted by molar-refractivity contribution is 7.99. The Kier molecular flexibility index (Phi) is 1.58. The van der Waals surface area contributed by atoms with Crippen molar-refractivity contribution in [3.8, 4) is 0 Å². The molecule has 0 saturated heterocycles. The Morgan fingerprint density at radius 3 is 3.27 bits per heavy atom. The van der Waals surface area contributed by atoms with Crippen LogP contribution >= 0.6 is 11.8 Å². The summed E-state index contributed by atoms with van der Waals surface area (Å²) < 4.78 is 0. The minimum absolute atomic E-state index is 0.119. The molecule has 11 heavy (non-hydrogen) atoms. The van der Waals surface area contributed by atoms with E-state index in [0.717, 1.165) is 16.3 Å². The Bertz CT molecular complexity index is 353. The van der Waals surface area contributed by atoms with Crippen LogP contribution in [0, 0.1) is 0 Å². The largest absolute Gasteiger partial charge is 0.361 e. The molecular formula is C8H7NOS. The van der Waals surface area contributed by atoms with E-state index in [1.54, 1.807) is 24.0 Å². The molecule has 0 fully saturated rings. The summed E-state index contributed by atoms with van der Waals surface area (Å²) in [6.07, 6.45) is 5.67. The number of hydrogen-bond donors (Lipinski definition) is 1. The van der Waals surface area contributed by atoms with Crippen molar-refractivity contribution < 1.29 is 0 Å². The first-order chi connectivity index (χ1) is 5.38. The van der Waals surface area contributed by atoms with Crippen LogP contribution in [0.4, 0.5) is 0 Å². The molecular weight excluding hydrogens is 158 g/mol. The number of nitrogens with one attached hydrogen (secondary N) is 1. The van der Waals surface area contributed by atoms with Crippen molar-refractivity contribution in [1.82, 2.24) is 4.98 Å². The number of H-pyrrole nitrogens is 1. The predicted octanol–water partition coefficient (Wildman–Crippen LogP) is 1.49. The monoisotopic (exact) mass is 165 g/mol. The van der Waals surface area contributed by atoms with Gasteiger partial charge in [-0.3, -0.25) is 4.79 Å². The van der Waals surface area contributed by atoms with E-state index in [-0.39, 0.29) is 5.43 Å². The fourth-order valence-corrected chi connectivity index (χ4v) is 1.90. The Morgan fingerprint density at radius 2 is 2.45 bits per heavy atom. The van der Waals surface area contributed by atoms with E-state index < -0.39 is 0 Å². The molecule has 0 aliphatic carbocycles. The van der Waals surface area contributed by atoms with Crippen LogP contribution in [0.25, 0.3) is 6.08 Å². The molecule has 0 amide bonds. The van der Waals surface area contributed by atoms with Gasteiger partial charge in [-0.15, -0.1) is 11.8 Å². The molecule has 0 atom stereocenters. The van der Waals surface area contributed by atoms with Gasteiger partial charge in [0.2, 0.25) is 0 Å². The second-order valence-electron chi connectivity index (χ2n) is 2.30. The summed E-state index contributed by atoms with van der Waals surface area (Å²) in [6.45, 7) is 0. The summed E-state index contributed by atoms with van der Waals surface area (Å²) in [4.78, 5) is 15.1. The third-order valence-corrected chi connectivity index (χ3v) is 2.62. The Balaban J connectivity index is 2.69. The van der Waals surface area contributed by atoms with Crippen LogP contribution in [-0.4, -0.2) is 10.7 Å². The average molecular weight is 165 g/mol. The Labute approximate surface area is 68.3 Å². The molecule has 1 aliphatic rings. The average Bonchev–Trinajstić information content (AvgIpc) is 2.06. The lowest BCUT2D eigenvalue weighted by Crippen LogP contribution is -2.07. The zero-order valence-corrected chi connectivity index (χ0v) is 6.65. The minimum atomic E-state index is 0.119. The van der Waals surface area contributed by atoms with E-state index in [1.165, 1.54) is 0 Å². The molecule has 1 aromatic heterocycles. The van der Waals surface area contributed by atoms with Crippen LogP contribution in [0.5, 0.6) is 0 Å². The fraction of sp³-hybridized carbons (Fsp3) is 0.125. The SMILES string of the molecule is O=c1cc[nH]c2c1SCC=C2. The quantitative estimate of drug-likeness (QED) is 0.631. The van der Waals surface area contributed by atoms with Crippen LogP contribution in [0.1, 0.15) is 5.69 Å². The number of rotatable bonds is 0. The van der Waals surface area contributed by atoms with Crippen LogP contribution < -0.4 is 5.43 Å². The van der Waals surface area contributed by atoms with Gasteiger partial charge >= 0.3 is 0 Å². The third-order valence-electron chi connectivity index (χ3n) is 1.55. The number of fused-ring (bicyclic) bond motifs is 1. The molecule has 56 valence electrons. The van der Waals surface area contributed by atoms with Gasteiger partial charge in [-0.2, -0.15) is 0 Å². The highest BCUT2D eigenvalue weighted by atomic mass is 32.2. The molecule has 0 saturated carbocycles. The normalized spacial score (nSPS) is 14.5. The van der Waals surface area contributed by atoms with Crippen molar-refractivity contribution in [1.29, 1.82) is 0 Å². The molecule has 0 radical (unpaired) electrons. The molecule has 0 bridgehead atoms. The summed E-state index contributed by atoms with van der Waals surface area (Å²) in [5, 5.41) is 0. The maximum absolute atomic E-state index is 11.2. The highest BCUT2D eigenvalue weighted by Gasteiger charge is 2.07. The molecule has 3 heteroatoms. The van der Waals surface area contributed by atoms with Crippen molar-refractivity contribution in [2.24, 2.45) is 0 Å². The second kappa shape index (κ2) is 2.58. The number of thioether (sulfide) groups is 1. The van der Waals surface area contributed by atoms with Gasteiger partial charge in [0.15, 0.2) is 5.43 Å². The molecule has 1 aromatic rings. The summed E-state index contributed by atoms with van der Waals surface area (Å²) >= 11 is 1.58. The maximum Gasteiger partial charge on any atom is 0.195 e. The first-order valence-electron chi connectivity index (χ1n) is 3.39. The van der Waals surface area contributed by atoms with Gasteiger partial charge in [0, 0.05) is 18.0 Å². The van der Waals surface area contributed by atoms with E-state index in [9.17, 15) is 4.79 Å². The zero-order valence-electron chi connectivity index (χ0n) is 5.83. The zero-order chi connectivity index (χ0) is 7.68. The van der Waals surface area contributed by atoms with Crippen LogP contribution in [0.2, 0.25) is 0 Å². The third kappa shape index (κ3) is 1.12. The smallest absolute Gasteiger partial charge is 0.195 e. The summed E-state index contributed by atoms with van der Waals surface area (Å²) in [6, 6.07) is 1.56. The Hall–Kier alpha value is -0.960. The van der Waals surface area contributed by atoms with Crippen molar-refractivity contribution >= 4 is 17.8 Å². The number of aromatic nitrogens is 1. The van der Waals surface area contributed by atoms with Gasteiger partial charge in [-0.05, 0) is 6.08 Å². The van der Waals surface area contributed by atoms with Gasteiger partial charge in [-0.1, -0.05) is 6.08 Å². The minimum Gasteiger partial charge on any atom is -0.361 e. The first kappa shape index (κ1) is 6.73. The Morgan fingerprint density at radius 1 is 1.55 bits per heavy atom. The summed E-state index contributed by atoms with van der Waals surface area (Å²) in [7, 11) is 0. The standard InChI is InChI=1S/C8H7NOS/c10-7-3-4-9-6-2-1-5-11-8(6)7/h1-4H,5H2,(H,9,10). The summed E-state index contributed by atoms with van der Waals surface area (Å²) in [5.74, 6) is 0.903. The fourth-order valence-electron chi connectivity index (χ4n) is 1.05. The lowest BCUT2D eigenvalue weighted by Gasteiger charge is -2.06. The molecule has 1 N–H and O–H groups in total. The van der Waals surface area contributed by atoms with E-state index in [2.05, 4.69) is 4.98 Å². The lowest BCUT2D eigenvalue weighted by molar-refractivity contribution is 1.16. The molecule has 2 heterocycles. The topological polar surface area (TPSA) is 32.9 Å². The molecule has 2 nitrogen and oxygen atoms in total. The van der Waals surface area contributed by atoms with Crippen LogP contribution in [-0.2, 0) is 0 Å². The summed E-state index contributed by atoms with van der Waals surface area (Å²) in [5.41, 5.74) is 1.06. The van der Waals surface area contributed by atoms with E-state index in [0.29, 0.717) is 0 Å². The number of pyridine rings is 1. The first-order valence-corrected chi connectivity index (χ1v) is 4.37. The van der Waals surface area contributed by atoms with Gasteiger partial charge in [0.25, 0.3) is 0 Å². The molecule has 2 rings (SSSR count). The van der Waals surface area contributed by atoms with Gasteiger partial charge in [0.1, 0.15) is 0 Å². The van der Waals surface area contributed by atoms with Crippen molar-refractivity contribution in [3.05, 3.63) is 34.3 Å². The second-order valence-corrected chi connectivity index (χ2v) is 3.33. The highest BCUT2D eigenvalue weighted by Crippen LogP contribution is 2.22. The van der Waals surface area contributed by atoms with E-state index >= 15 is 0 Å².